The van der Waals surface area contributed by atoms with E-state index in [2.05, 4.69) is 497 Å². The van der Waals surface area contributed by atoms with Crippen LogP contribution in [0.4, 0.5) is 0 Å². The van der Waals surface area contributed by atoms with E-state index in [1.165, 1.54) is 256 Å². The van der Waals surface area contributed by atoms with Crippen molar-refractivity contribution in [2.24, 2.45) is 0 Å². The van der Waals surface area contributed by atoms with Gasteiger partial charge in [0.2, 0.25) is 0 Å². The first-order valence-electron chi connectivity index (χ1n) is 51.2. The first kappa shape index (κ1) is 87.5. The summed E-state index contributed by atoms with van der Waals surface area (Å²) in [6.07, 6.45) is 0. The molecule has 0 heterocycles. The number of rotatable bonds is 12. The Kier molecular flexibility index (Phi) is 21.2. The van der Waals surface area contributed by atoms with E-state index in [-0.39, 0.29) is 0 Å². The number of nitrogens with zero attached hydrogens (tertiary/aromatic N) is 3. The van der Waals surface area contributed by atoms with E-state index in [0.717, 1.165) is 38.9 Å². The maximum Gasteiger partial charge on any atom is 0.0991 e. The van der Waals surface area contributed by atoms with E-state index in [9.17, 15) is 15.8 Å². The summed E-state index contributed by atoms with van der Waals surface area (Å²) in [4.78, 5) is 0. The number of hydrogen-bond donors (Lipinski definition) is 0. The van der Waals surface area contributed by atoms with Crippen molar-refractivity contribution in [2.45, 2.75) is 0 Å². The van der Waals surface area contributed by atoms with Gasteiger partial charge in [0.1, 0.15) is 0 Å². The molecule has 0 spiro atoms. The quantitative estimate of drug-likeness (QED) is 0.114. The van der Waals surface area contributed by atoms with E-state index in [1.54, 1.807) is 0 Å². The molecule has 0 bridgehead atoms. The van der Waals surface area contributed by atoms with E-state index in [1.807, 2.05) is 48.5 Å². The van der Waals surface area contributed by atoms with Crippen LogP contribution in [0, 0.1) is 34.0 Å². The molecule has 3 heteroatoms. The van der Waals surface area contributed by atoms with Crippen molar-refractivity contribution < 1.29 is 0 Å². The zero-order valence-electron chi connectivity index (χ0n) is 81.6. The Morgan fingerprint density at radius 3 is 0.667 bits per heavy atom. The first-order valence-corrected chi connectivity index (χ1v) is 51.2. The molecule has 0 saturated carbocycles. The third kappa shape index (κ3) is 15.2. The summed E-state index contributed by atoms with van der Waals surface area (Å²) in [6, 6.07) is 198. The van der Waals surface area contributed by atoms with Crippen LogP contribution >= 0.6 is 0 Å². The van der Waals surface area contributed by atoms with Crippen LogP contribution in [-0.2, 0) is 0 Å². The highest BCUT2D eigenvalue weighted by Crippen LogP contribution is 2.53. The van der Waals surface area contributed by atoms with Crippen LogP contribution in [-0.4, -0.2) is 0 Å². The number of benzene rings is 30. The summed E-state index contributed by atoms with van der Waals surface area (Å²) in [5.74, 6) is 0. The monoisotopic (exact) mass is 1890 g/mol. The first-order chi connectivity index (χ1) is 74.2. The molecule has 30 rings (SSSR count). The summed E-state index contributed by atoms with van der Waals surface area (Å²) in [6.45, 7) is 0. The highest BCUT2D eigenvalue weighted by Gasteiger charge is 2.26. The lowest BCUT2D eigenvalue weighted by Crippen LogP contribution is -1.94. The molecule has 0 amide bonds. The molecule has 0 fully saturated rings. The Bertz CT molecular complexity index is 10900. The third-order valence-corrected chi connectivity index (χ3v) is 31.3. The molecular formula is C147H87N3. The van der Waals surface area contributed by atoms with Gasteiger partial charge in [-0.2, -0.15) is 15.8 Å². The van der Waals surface area contributed by atoms with Gasteiger partial charge in [-0.3, -0.25) is 0 Å². The topological polar surface area (TPSA) is 71.4 Å². The minimum Gasteiger partial charge on any atom is -0.192 e. The fraction of sp³-hybridized carbons (Fsp3) is 0. The molecule has 0 atom stereocenters. The number of nitriles is 3. The van der Waals surface area contributed by atoms with Crippen molar-refractivity contribution in [3.05, 3.63) is 544 Å². The Morgan fingerprint density at radius 2 is 0.320 bits per heavy atom. The predicted molar refractivity (Wildman–Crippen MR) is 635 cm³/mol. The molecule has 690 valence electrons. The van der Waals surface area contributed by atoms with E-state index >= 15 is 0 Å². The summed E-state index contributed by atoms with van der Waals surface area (Å²) in [7, 11) is 0. The van der Waals surface area contributed by atoms with Gasteiger partial charge in [-0.05, 0) is 392 Å². The predicted octanol–water partition coefficient (Wildman–Crippen LogP) is 40.3. The highest BCUT2D eigenvalue weighted by atomic mass is 14.3. The molecule has 0 unspecified atom stereocenters. The maximum atomic E-state index is 9.59. The molecule has 0 N–H and O–H groups in total. The maximum absolute atomic E-state index is 9.59. The van der Waals surface area contributed by atoms with Gasteiger partial charge in [0.05, 0.1) is 34.9 Å². The molecule has 0 saturated heterocycles. The zero-order valence-corrected chi connectivity index (χ0v) is 81.6. The van der Waals surface area contributed by atoms with Gasteiger partial charge in [-0.1, -0.05) is 431 Å². The average Bonchev–Trinajstić information content (AvgIpc) is 0.718. The number of fused-ring (bicyclic) bond motifs is 6. The Balaban J connectivity index is 0.000000108. The molecular weight excluding hydrogens is 1810 g/mol. The van der Waals surface area contributed by atoms with Crippen molar-refractivity contribution in [3.63, 3.8) is 0 Å². The van der Waals surface area contributed by atoms with Gasteiger partial charge in [0, 0.05) is 0 Å². The van der Waals surface area contributed by atoms with Gasteiger partial charge in [0.25, 0.3) is 0 Å². The molecule has 0 aliphatic heterocycles. The van der Waals surface area contributed by atoms with Crippen LogP contribution in [0.1, 0.15) is 16.7 Å². The fourth-order valence-electron chi connectivity index (χ4n) is 23.9. The van der Waals surface area contributed by atoms with Crippen LogP contribution in [0.5, 0.6) is 0 Å². The van der Waals surface area contributed by atoms with Gasteiger partial charge in [-0.15, -0.1) is 0 Å². The molecule has 0 aliphatic carbocycles. The zero-order chi connectivity index (χ0) is 99.5. The molecule has 30 aromatic carbocycles. The lowest BCUT2D eigenvalue weighted by atomic mass is 9.82. The average molecular weight is 1900 g/mol. The largest absolute Gasteiger partial charge is 0.192 e. The lowest BCUT2D eigenvalue weighted by Gasteiger charge is -2.21. The molecule has 3 nitrogen and oxygen atoms in total. The molecule has 150 heavy (non-hydrogen) atoms. The van der Waals surface area contributed by atoms with Crippen LogP contribution in [0.2, 0.25) is 0 Å². The van der Waals surface area contributed by atoms with E-state index < -0.39 is 0 Å². The van der Waals surface area contributed by atoms with E-state index in [4.69, 9.17) is 0 Å². The molecule has 0 radical (unpaired) electrons. The second kappa shape index (κ2) is 36.3. The normalized spacial score (nSPS) is 11.6. The fourth-order valence-corrected chi connectivity index (χ4v) is 23.9. The Labute approximate surface area is 867 Å². The SMILES string of the molecule is N#Cc1ccc(-c2ccccc2-c2cc(-c3ccc4ccccc4c3)c3ccc4ccc(-c5ccc6ccccc6c5)c5ccc2c3c45)cc1.N#Cc1cccc(-c2ccc(-c3cc(-c4ccc5ccccc5c4)c4ccc5ccc(-c6ccc7ccccc7c6)c6ccc3c4c56)cc2)c1.N#Cc1cccc(-c2cccc(-c3cc(-c4ccc5ccccc5c4)c4ccc5ccc(-c6ccc7ccccc7c6)c6ccc3c4c56)c2)c1. The minimum absolute atomic E-state index is 0.662. The van der Waals surface area contributed by atoms with Crippen molar-refractivity contribution >= 4 is 162 Å². The Morgan fingerprint density at radius 1 is 0.100 bits per heavy atom. The molecule has 30 aromatic rings. The smallest absolute Gasteiger partial charge is 0.0991 e. The lowest BCUT2D eigenvalue weighted by molar-refractivity contribution is 1.48. The summed E-state index contributed by atoms with van der Waals surface area (Å²) >= 11 is 0. The van der Waals surface area contributed by atoms with E-state index in [0.29, 0.717) is 16.7 Å². The van der Waals surface area contributed by atoms with Gasteiger partial charge >= 0.3 is 0 Å². The molecule has 0 aliphatic rings. The second-order valence-electron chi connectivity index (χ2n) is 39.6. The Hall–Kier alpha value is -20.3. The second-order valence-corrected chi connectivity index (χ2v) is 39.6. The molecule has 0 aromatic heterocycles. The summed E-state index contributed by atoms with van der Waals surface area (Å²) in [5, 5.41) is 66.2. The van der Waals surface area contributed by atoms with Crippen LogP contribution in [0.25, 0.3) is 295 Å². The van der Waals surface area contributed by atoms with Gasteiger partial charge in [-0.25, -0.2) is 0 Å². The minimum atomic E-state index is 0.662. The highest BCUT2D eigenvalue weighted by molar-refractivity contribution is 6.34. The van der Waals surface area contributed by atoms with Crippen LogP contribution < -0.4 is 0 Å². The van der Waals surface area contributed by atoms with Crippen LogP contribution in [0.3, 0.4) is 0 Å². The van der Waals surface area contributed by atoms with Gasteiger partial charge in [0.15, 0.2) is 0 Å². The van der Waals surface area contributed by atoms with Crippen molar-refractivity contribution in [3.8, 4) is 152 Å². The summed E-state index contributed by atoms with van der Waals surface area (Å²) in [5.41, 5.74) is 30.3. The van der Waals surface area contributed by atoms with Gasteiger partial charge < -0.3 is 0 Å². The third-order valence-electron chi connectivity index (χ3n) is 31.3. The summed E-state index contributed by atoms with van der Waals surface area (Å²) < 4.78 is 0. The number of hydrogen-bond acceptors (Lipinski definition) is 3. The van der Waals surface area contributed by atoms with Crippen LogP contribution in [0.15, 0.2) is 528 Å². The van der Waals surface area contributed by atoms with Crippen molar-refractivity contribution in [2.75, 3.05) is 0 Å². The van der Waals surface area contributed by atoms with Crippen molar-refractivity contribution in [1.82, 2.24) is 0 Å². The van der Waals surface area contributed by atoms with Crippen molar-refractivity contribution in [1.29, 1.82) is 15.8 Å². The standard InChI is InChI=1S/3C49H29N/c50-30-31-7-5-12-35(25-31)38-13-6-14-39(28-38)46-29-47(41-18-16-33-9-2-4-11-37(33)27-41)44-22-20-34-19-21-42(43-23-24-45(46)49(44)48(34)43)40-17-15-32-8-1-3-10-36(32)26-40;50-30-31-6-5-11-37(26-31)34-12-16-35(17-13-34)46-29-47(41-19-15-33-8-2-4-10-39(33)28-41)44-23-21-36-20-22-42(43-24-25-45(46)49(44)48(36)43)40-18-14-32-7-1-3-9-38(32)27-40;50-30-31-13-15-34(16-14-31)40-11-5-6-12-42(40)47-29-46(39-20-18-33-8-2-4-10-37(33)28-39)44-24-22-35-21-23-41(43-25-26-45(47)49(44)48(35)43)38-19-17-32-7-1-3-9-36(32)27-38/h3*1-29H.